The lowest BCUT2D eigenvalue weighted by Crippen LogP contribution is -2.28. The Kier molecular flexibility index (Phi) is 4.86. The van der Waals surface area contributed by atoms with Crippen molar-refractivity contribution in [3.05, 3.63) is 23.9 Å². The van der Waals surface area contributed by atoms with Gasteiger partial charge in [0, 0.05) is 11.8 Å². The molecule has 6 nitrogen and oxygen atoms in total. The highest BCUT2D eigenvalue weighted by Crippen LogP contribution is 2.15. The number of rotatable bonds is 3. The van der Waals surface area contributed by atoms with Gasteiger partial charge in [-0.1, -0.05) is 6.07 Å². The normalized spacial score (nSPS) is 10.7. The Balaban J connectivity index is 2.78. The molecular formula is C13H18N2O4. The molecule has 1 heterocycles. The average Bonchev–Trinajstić information content (AvgIpc) is 2.29. The van der Waals surface area contributed by atoms with E-state index in [0.29, 0.717) is 11.4 Å². The quantitative estimate of drug-likeness (QED) is 0.848. The summed E-state index contributed by atoms with van der Waals surface area (Å²) in [5.74, 6) is -0.109. The van der Waals surface area contributed by atoms with E-state index < -0.39 is 17.7 Å². The topological polar surface area (TPSA) is 77.5 Å². The van der Waals surface area contributed by atoms with Crippen molar-refractivity contribution in [3.63, 3.8) is 0 Å². The number of anilines is 1. The molecule has 6 heteroatoms. The zero-order valence-electron chi connectivity index (χ0n) is 11.5. The number of ether oxygens (including phenoxy) is 2. The van der Waals surface area contributed by atoms with E-state index in [4.69, 9.17) is 4.74 Å². The number of nitrogens with zero attached hydrogens (tertiary/aromatic N) is 1. The van der Waals surface area contributed by atoms with Gasteiger partial charge in [-0.2, -0.15) is 0 Å². The molecule has 1 amide bonds. The van der Waals surface area contributed by atoms with Crippen molar-refractivity contribution in [1.82, 2.24) is 4.98 Å². The molecule has 0 aliphatic carbocycles. The molecule has 0 unspecified atom stereocenters. The lowest BCUT2D eigenvalue weighted by atomic mass is 10.2. The van der Waals surface area contributed by atoms with E-state index in [1.165, 1.54) is 13.3 Å². The summed E-state index contributed by atoms with van der Waals surface area (Å²) in [7, 11) is 1.31. The largest absolute Gasteiger partial charge is 0.469 e. The van der Waals surface area contributed by atoms with Crippen molar-refractivity contribution in [2.45, 2.75) is 32.8 Å². The minimum atomic E-state index is -0.614. The highest BCUT2D eigenvalue weighted by atomic mass is 16.6. The van der Waals surface area contributed by atoms with Gasteiger partial charge in [0.2, 0.25) is 0 Å². The predicted octanol–water partition coefficient (Wildman–Crippen LogP) is 2.14. The highest BCUT2D eigenvalue weighted by Gasteiger charge is 2.18. The van der Waals surface area contributed by atoms with Crippen LogP contribution in [0.25, 0.3) is 0 Å². The fourth-order valence-electron chi connectivity index (χ4n) is 1.32. The number of carbonyl (C=O) groups excluding carboxylic acids is 2. The summed E-state index contributed by atoms with van der Waals surface area (Å²) in [4.78, 5) is 26.9. The number of esters is 1. The second kappa shape index (κ2) is 6.17. The maximum Gasteiger partial charge on any atom is 0.413 e. The molecule has 0 aliphatic rings. The van der Waals surface area contributed by atoms with Gasteiger partial charge in [-0.25, -0.2) is 9.78 Å². The fourth-order valence-corrected chi connectivity index (χ4v) is 1.32. The first-order chi connectivity index (χ1) is 8.81. The van der Waals surface area contributed by atoms with Gasteiger partial charge in [-0.3, -0.25) is 10.1 Å². The zero-order valence-corrected chi connectivity index (χ0v) is 11.5. The third kappa shape index (κ3) is 5.37. The van der Waals surface area contributed by atoms with Gasteiger partial charge in [0.1, 0.15) is 11.4 Å². The van der Waals surface area contributed by atoms with Crippen LogP contribution in [0.15, 0.2) is 18.3 Å². The fraction of sp³-hybridized carbons (Fsp3) is 0.462. The number of methoxy groups -OCH3 is 1. The van der Waals surface area contributed by atoms with Crippen LogP contribution in [0.4, 0.5) is 10.6 Å². The molecule has 0 saturated carbocycles. The number of pyridine rings is 1. The molecule has 0 bridgehead atoms. The van der Waals surface area contributed by atoms with Crippen LogP contribution in [0.2, 0.25) is 0 Å². The van der Waals surface area contributed by atoms with Crippen LogP contribution in [-0.2, 0) is 20.7 Å². The summed E-state index contributed by atoms with van der Waals surface area (Å²) in [5.41, 5.74) is -0.0262. The van der Waals surface area contributed by atoms with Crippen molar-refractivity contribution < 1.29 is 19.1 Å². The summed E-state index contributed by atoms with van der Waals surface area (Å²) < 4.78 is 9.71. The molecule has 0 spiro atoms. The van der Waals surface area contributed by atoms with E-state index in [1.807, 2.05) is 0 Å². The second-order valence-corrected chi connectivity index (χ2v) is 4.89. The van der Waals surface area contributed by atoms with Gasteiger partial charge in [-0.15, -0.1) is 0 Å². The number of aromatic nitrogens is 1. The van der Waals surface area contributed by atoms with Crippen molar-refractivity contribution in [2.75, 3.05) is 12.4 Å². The molecule has 104 valence electrons. The second-order valence-electron chi connectivity index (χ2n) is 4.89. The number of amides is 1. The molecule has 0 aliphatic heterocycles. The molecule has 1 N–H and O–H groups in total. The number of nitrogens with one attached hydrogen (secondary N) is 1. The summed E-state index contributed by atoms with van der Waals surface area (Å²) in [5, 5.41) is 2.52. The van der Waals surface area contributed by atoms with Gasteiger partial charge < -0.3 is 9.47 Å². The van der Waals surface area contributed by atoms with E-state index >= 15 is 0 Å². The van der Waals surface area contributed by atoms with Crippen LogP contribution in [0.3, 0.4) is 0 Å². The Morgan fingerprint density at radius 2 is 2.05 bits per heavy atom. The third-order valence-electron chi connectivity index (χ3n) is 2.07. The molecule has 1 aromatic heterocycles. The van der Waals surface area contributed by atoms with E-state index in [-0.39, 0.29) is 6.42 Å². The monoisotopic (exact) mass is 266 g/mol. The lowest BCUT2D eigenvalue weighted by molar-refractivity contribution is -0.139. The molecule has 0 atom stereocenters. The molecule has 1 aromatic rings. The standard InChI is InChI=1S/C13H18N2O4/c1-13(2,3)19-12(17)15-11-9(6-5-7-14-11)8-10(16)18-4/h5-7H,8H2,1-4H3,(H,14,15,17). The van der Waals surface area contributed by atoms with Gasteiger partial charge in [-0.05, 0) is 26.8 Å². The Morgan fingerprint density at radius 1 is 1.37 bits per heavy atom. The minimum Gasteiger partial charge on any atom is -0.469 e. The summed E-state index contributed by atoms with van der Waals surface area (Å²) in [6.45, 7) is 5.29. The molecule has 1 rings (SSSR count). The average molecular weight is 266 g/mol. The first kappa shape index (κ1) is 14.9. The summed E-state index contributed by atoms with van der Waals surface area (Å²) in [6, 6.07) is 3.37. The summed E-state index contributed by atoms with van der Waals surface area (Å²) >= 11 is 0. The first-order valence-electron chi connectivity index (χ1n) is 5.82. The van der Waals surface area contributed by atoms with Crippen LogP contribution < -0.4 is 5.32 Å². The molecule has 19 heavy (non-hydrogen) atoms. The highest BCUT2D eigenvalue weighted by molar-refractivity contribution is 5.86. The number of carbonyl (C=O) groups is 2. The van der Waals surface area contributed by atoms with Crippen LogP contribution in [0.1, 0.15) is 26.3 Å². The van der Waals surface area contributed by atoms with Crippen LogP contribution in [0.5, 0.6) is 0 Å². The van der Waals surface area contributed by atoms with Crippen molar-refractivity contribution >= 4 is 17.9 Å². The van der Waals surface area contributed by atoms with Crippen LogP contribution in [0, 0.1) is 0 Å². The SMILES string of the molecule is COC(=O)Cc1cccnc1NC(=O)OC(C)(C)C. The van der Waals surface area contributed by atoms with Crippen molar-refractivity contribution in [3.8, 4) is 0 Å². The lowest BCUT2D eigenvalue weighted by Gasteiger charge is -2.20. The molecule has 0 saturated heterocycles. The first-order valence-corrected chi connectivity index (χ1v) is 5.82. The van der Waals surface area contributed by atoms with Gasteiger partial charge in [0.15, 0.2) is 0 Å². The minimum absolute atomic E-state index is 0.0372. The van der Waals surface area contributed by atoms with Crippen LogP contribution >= 0.6 is 0 Å². The maximum absolute atomic E-state index is 11.6. The number of hydrogen-bond donors (Lipinski definition) is 1. The van der Waals surface area contributed by atoms with E-state index in [9.17, 15) is 9.59 Å². The molecular weight excluding hydrogens is 248 g/mol. The van der Waals surface area contributed by atoms with E-state index in [2.05, 4.69) is 15.0 Å². The van der Waals surface area contributed by atoms with E-state index in [1.54, 1.807) is 32.9 Å². The Labute approximate surface area is 112 Å². The van der Waals surface area contributed by atoms with Crippen molar-refractivity contribution in [2.24, 2.45) is 0 Å². The van der Waals surface area contributed by atoms with Crippen molar-refractivity contribution in [1.29, 1.82) is 0 Å². The number of hydrogen-bond acceptors (Lipinski definition) is 5. The predicted molar refractivity (Wildman–Crippen MR) is 69.8 cm³/mol. The third-order valence-corrected chi connectivity index (χ3v) is 2.07. The maximum atomic E-state index is 11.6. The Bertz CT molecular complexity index is 466. The van der Waals surface area contributed by atoms with Gasteiger partial charge in [0.05, 0.1) is 13.5 Å². The van der Waals surface area contributed by atoms with Gasteiger partial charge >= 0.3 is 12.1 Å². The molecule has 0 fully saturated rings. The van der Waals surface area contributed by atoms with Gasteiger partial charge in [0.25, 0.3) is 0 Å². The molecule has 0 radical (unpaired) electrons. The van der Waals surface area contributed by atoms with E-state index in [0.717, 1.165) is 0 Å². The molecule has 0 aromatic carbocycles. The van der Waals surface area contributed by atoms with Crippen LogP contribution in [-0.4, -0.2) is 29.8 Å². The summed E-state index contributed by atoms with van der Waals surface area (Å²) in [6.07, 6.45) is 0.945. The Morgan fingerprint density at radius 3 is 2.63 bits per heavy atom. The smallest absolute Gasteiger partial charge is 0.413 e. The Hall–Kier alpha value is -2.11. The zero-order chi connectivity index (χ0) is 14.5.